The number of H-pyrrole nitrogens is 1. The maximum Gasteiger partial charge on any atom is 0.261 e. The van der Waals surface area contributed by atoms with Crippen LogP contribution in [0.25, 0.3) is 11.0 Å². The molecular weight excluding hydrogens is 374 g/mol. The predicted molar refractivity (Wildman–Crippen MR) is 109 cm³/mol. The van der Waals surface area contributed by atoms with Crippen molar-refractivity contribution in [2.75, 3.05) is 5.32 Å². The number of benzene rings is 1. The zero-order chi connectivity index (χ0) is 19.5. The van der Waals surface area contributed by atoms with E-state index in [0.717, 1.165) is 16.6 Å². The number of aromatic amines is 1. The van der Waals surface area contributed by atoms with Crippen LogP contribution in [0.1, 0.15) is 31.3 Å². The molecule has 0 aliphatic carbocycles. The van der Waals surface area contributed by atoms with Crippen LogP contribution in [-0.2, 0) is 6.54 Å². The Kier molecular flexibility index (Phi) is 4.86. The number of aromatic nitrogens is 3. The molecule has 0 radical (unpaired) electrons. The fourth-order valence-electron chi connectivity index (χ4n) is 2.74. The quantitative estimate of drug-likeness (QED) is 0.485. The summed E-state index contributed by atoms with van der Waals surface area (Å²) in [4.78, 5) is 29.4. The van der Waals surface area contributed by atoms with Gasteiger partial charge in [0, 0.05) is 23.2 Å². The molecule has 3 heterocycles. The van der Waals surface area contributed by atoms with Crippen molar-refractivity contribution in [1.82, 2.24) is 20.5 Å². The Balaban J connectivity index is 1.39. The highest BCUT2D eigenvalue weighted by Crippen LogP contribution is 2.18. The summed E-state index contributed by atoms with van der Waals surface area (Å²) in [5.41, 5.74) is 3.56. The van der Waals surface area contributed by atoms with Crippen LogP contribution < -0.4 is 10.6 Å². The van der Waals surface area contributed by atoms with Gasteiger partial charge in [-0.1, -0.05) is 18.2 Å². The van der Waals surface area contributed by atoms with Crippen molar-refractivity contribution in [1.29, 1.82) is 0 Å². The molecule has 28 heavy (non-hydrogen) atoms. The van der Waals surface area contributed by atoms with Crippen LogP contribution in [0.4, 0.5) is 5.69 Å². The summed E-state index contributed by atoms with van der Waals surface area (Å²) in [5.74, 6) is -0.328. The van der Waals surface area contributed by atoms with E-state index in [9.17, 15) is 9.59 Å². The van der Waals surface area contributed by atoms with E-state index in [4.69, 9.17) is 0 Å². The minimum atomic E-state index is -0.225. The Morgan fingerprint density at radius 2 is 1.96 bits per heavy atom. The molecule has 0 aliphatic rings. The molecule has 140 valence electrons. The zero-order valence-corrected chi connectivity index (χ0v) is 15.8. The first kappa shape index (κ1) is 17.9. The van der Waals surface area contributed by atoms with Gasteiger partial charge in [0.2, 0.25) is 0 Å². The molecule has 2 amide bonds. The third-order valence-electron chi connectivity index (χ3n) is 4.27. The molecule has 4 aromatic rings. The minimum Gasteiger partial charge on any atom is -0.347 e. The molecule has 0 unspecified atom stereocenters. The standard InChI is InChI=1S/C20H17N5O2S/c1-12-16-9-15(11-21-18(16)25-24-12)23-19(26)14-6-4-13(5-7-14)10-22-20(27)17-3-2-8-28-17/h2-9,11H,10H2,1H3,(H,22,27)(H,23,26)(H,21,24,25). The number of aryl methyl sites for hydroxylation is 1. The number of fused-ring (bicyclic) bond motifs is 1. The SMILES string of the molecule is Cc1[nH]nc2ncc(NC(=O)c3ccc(CNC(=O)c4cccs4)cc3)cc12. The van der Waals surface area contributed by atoms with Crippen molar-refractivity contribution >= 4 is 39.9 Å². The van der Waals surface area contributed by atoms with Gasteiger partial charge < -0.3 is 10.6 Å². The highest BCUT2D eigenvalue weighted by Gasteiger charge is 2.10. The topological polar surface area (TPSA) is 99.8 Å². The van der Waals surface area contributed by atoms with Crippen LogP contribution in [-0.4, -0.2) is 27.0 Å². The number of nitrogens with one attached hydrogen (secondary N) is 3. The molecule has 8 heteroatoms. The van der Waals surface area contributed by atoms with Crippen LogP contribution in [0.5, 0.6) is 0 Å². The van der Waals surface area contributed by atoms with Gasteiger partial charge in [0.15, 0.2) is 5.65 Å². The van der Waals surface area contributed by atoms with Gasteiger partial charge >= 0.3 is 0 Å². The molecule has 0 bridgehead atoms. The average molecular weight is 391 g/mol. The van der Waals surface area contributed by atoms with E-state index in [1.807, 2.05) is 36.6 Å². The summed E-state index contributed by atoms with van der Waals surface area (Å²) in [6, 6.07) is 12.6. The highest BCUT2D eigenvalue weighted by atomic mass is 32.1. The lowest BCUT2D eigenvalue weighted by molar-refractivity contribution is 0.0953. The fourth-order valence-corrected chi connectivity index (χ4v) is 3.38. The Labute approximate surface area is 164 Å². The number of amides is 2. The van der Waals surface area contributed by atoms with E-state index in [2.05, 4.69) is 25.8 Å². The van der Waals surface area contributed by atoms with E-state index in [0.29, 0.717) is 28.3 Å². The fraction of sp³-hybridized carbons (Fsp3) is 0.100. The molecule has 3 N–H and O–H groups in total. The van der Waals surface area contributed by atoms with Crippen molar-refractivity contribution in [2.24, 2.45) is 0 Å². The summed E-state index contributed by atoms with van der Waals surface area (Å²) in [5, 5.41) is 15.4. The molecule has 0 saturated heterocycles. The van der Waals surface area contributed by atoms with E-state index in [-0.39, 0.29) is 11.8 Å². The molecular formula is C20H17N5O2S. The summed E-state index contributed by atoms with van der Waals surface area (Å²) in [6.07, 6.45) is 1.58. The van der Waals surface area contributed by atoms with E-state index >= 15 is 0 Å². The highest BCUT2D eigenvalue weighted by molar-refractivity contribution is 7.12. The van der Waals surface area contributed by atoms with Gasteiger partial charge in [0.1, 0.15) is 0 Å². The summed E-state index contributed by atoms with van der Waals surface area (Å²) in [6.45, 7) is 2.30. The van der Waals surface area contributed by atoms with Crippen LogP contribution >= 0.6 is 11.3 Å². The smallest absolute Gasteiger partial charge is 0.261 e. The van der Waals surface area contributed by atoms with Gasteiger partial charge in [-0.2, -0.15) is 5.10 Å². The van der Waals surface area contributed by atoms with Crippen molar-refractivity contribution in [3.63, 3.8) is 0 Å². The van der Waals surface area contributed by atoms with E-state index < -0.39 is 0 Å². The average Bonchev–Trinajstić information content (AvgIpc) is 3.37. The summed E-state index contributed by atoms with van der Waals surface area (Å²) < 4.78 is 0. The van der Waals surface area contributed by atoms with Gasteiger partial charge in [-0.05, 0) is 42.1 Å². The molecule has 0 aliphatic heterocycles. The number of carbonyl (C=O) groups is 2. The van der Waals surface area contributed by atoms with Gasteiger partial charge in [-0.25, -0.2) is 4.98 Å². The van der Waals surface area contributed by atoms with Crippen LogP contribution in [0.3, 0.4) is 0 Å². The van der Waals surface area contributed by atoms with E-state index in [1.165, 1.54) is 11.3 Å². The Hall–Kier alpha value is -3.52. The number of pyridine rings is 1. The molecule has 7 nitrogen and oxygen atoms in total. The largest absolute Gasteiger partial charge is 0.347 e. The molecule has 0 saturated carbocycles. The summed E-state index contributed by atoms with van der Waals surface area (Å²) in [7, 11) is 0. The van der Waals surface area contributed by atoms with Crippen molar-refractivity contribution in [3.05, 3.63) is 75.7 Å². The first-order valence-corrected chi connectivity index (χ1v) is 9.51. The van der Waals surface area contributed by atoms with Crippen LogP contribution in [0.2, 0.25) is 0 Å². The lowest BCUT2D eigenvalue weighted by atomic mass is 10.1. The molecule has 4 rings (SSSR count). The number of carbonyl (C=O) groups excluding carboxylic acids is 2. The lowest BCUT2D eigenvalue weighted by Crippen LogP contribution is -2.21. The number of hydrogen-bond acceptors (Lipinski definition) is 5. The van der Waals surface area contributed by atoms with Gasteiger partial charge in [0.05, 0.1) is 16.8 Å². The maximum atomic E-state index is 12.5. The number of hydrogen-bond donors (Lipinski definition) is 3. The normalized spacial score (nSPS) is 10.8. The number of rotatable bonds is 5. The minimum absolute atomic E-state index is 0.103. The second-order valence-corrected chi connectivity index (χ2v) is 7.20. The third-order valence-corrected chi connectivity index (χ3v) is 5.14. The maximum absolute atomic E-state index is 12.5. The lowest BCUT2D eigenvalue weighted by Gasteiger charge is -2.07. The molecule has 0 fully saturated rings. The second-order valence-electron chi connectivity index (χ2n) is 6.25. The van der Waals surface area contributed by atoms with Crippen molar-refractivity contribution < 1.29 is 9.59 Å². The molecule has 0 spiro atoms. The second kappa shape index (κ2) is 7.61. The van der Waals surface area contributed by atoms with Crippen molar-refractivity contribution in [3.8, 4) is 0 Å². The monoisotopic (exact) mass is 391 g/mol. The van der Waals surface area contributed by atoms with Gasteiger partial charge in [0.25, 0.3) is 11.8 Å². The number of anilines is 1. The molecule has 0 atom stereocenters. The number of thiophene rings is 1. The molecule has 3 aromatic heterocycles. The third kappa shape index (κ3) is 3.77. The van der Waals surface area contributed by atoms with Crippen LogP contribution in [0, 0.1) is 6.92 Å². The first-order chi connectivity index (χ1) is 13.6. The Morgan fingerprint density at radius 3 is 2.71 bits per heavy atom. The van der Waals surface area contributed by atoms with Gasteiger partial charge in [-0.3, -0.25) is 14.7 Å². The zero-order valence-electron chi connectivity index (χ0n) is 15.0. The van der Waals surface area contributed by atoms with Gasteiger partial charge in [-0.15, -0.1) is 11.3 Å². The van der Waals surface area contributed by atoms with Crippen molar-refractivity contribution in [2.45, 2.75) is 13.5 Å². The number of nitrogens with zero attached hydrogens (tertiary/aromatic N) is 2. The first-order valence-electron chi connectivity index (χ1n) is 8.63. The Morgan fingerprint density at radius 1 is 1.14 bits per heavy atom. The van der Waals surface area contributed by atoms with E-state index in [1.54, 1.807) is 24.4 Å². The summed E-state index contributed by atoms with van der Waals surface area (Å²) >= 11 is 1.40. The Bertz CT molecular complexity index is 1130. The molecule has 1 aromatic carbocycles. The predicted octanol–water partition coefficient (Wildman–Crippen LogP) is 3.51. The van der Waals surface area contributed by atoms with Crippen LogP contribution in [0.15, 0.2) is 54.0 Å².